The fraction of sp³-hybridized carbons (Fsp3) is 0.333. The maximum Gasteiger partial charge on any atom is 0.293 e. The molecule has 1 aromatic rings. The molecule has 5 heteroatoms. The van der Waals surface area contributed by atoms with Crippen molar-refractivity contribution >= 4 is 29.0 Å². The van der Waals surface area contributed by atoms with E-state index < -0.39 is 0 Å². The van der Waals surface area contributed by atoms with Crippen LogP contribution in [0.3, 0.4) is 0 Å². The van der Waals surface area contributed by atoms with Crippen LogP contribution >= 0.6 is 11.8 Å². The molecule has 90 valence electrons. The molecule has 1 fully saturated rings. The van der Waals surface area contributed by atoms with Gasteiger partial charge in [-0.05, 0) is 37.2 Å². The molecule has 0 unspecified atom stereocenters. The van der Waals surface area contributed by atoms with Crippen LogP contribution in [0.1, 0.15) is 25.8 Å². The average Bonchev–Trinajstić information content (AvgIpc) is 2.89. The molecular formula is C12H13NO3S. The van der Waals surface area contributed by atoms with Gasteiger partial charge in [0, 0.05) is 11.6 Å². The molecule has 0 N–H and O–H groups in total. The quantitative estimate of drug-likeness (QED) is 0.774. The average molecular weight is 251 g/mol. The summed E-state index contributed by atoms with van der Waals surface area (Å²) in [7, 11) is 0. The van der Waals surface area contributed by atoms with E-state index in [1.54, 1.807) is 12.1 Å². The van der Waals surface area contributed by atoms with Crippen LogP contribution in [-0.2, 0) is 4.79 Å². The summed E-state index contributed by atoms with van der Waals surface area (Å²) >= 11 is 0.981. The molecule has 0 aromatic carbocycles. The van der Waals surface area contributed by atoms with Crippen molar-refractivity contribution in [2.75, 3.05) is 0 Å². The number of hydrogen-bond donors (Lipinski definition) is 0. The van der Waals surface area contributed by atoms with Crippen LogP contribution in [0.5, 0.6) is 0 Å². The first kappa shape index (κ1) is 12.0. The van der Waals surface area contributed by atoms with E-state index in [9.17, 15) is 9.59 Å². The summed E-state index contributed by atoms with van der Waals surface area (Å²) in [6, 6.07) is 1.69. The highest BCUT2D eigenvalue weighted by Crippen LogP contribution is 2.34. The van der Waals surface area contributed by atoms with E-state index in [-0.39, 0.29) is 17.2 Å². The predicted molar refractivity (Wildman–Crippen MR) is 66.3 cm³/mol. The van der Waals surface area contributed by atoms with Gasteiger partial charge in [-0.2, -0.15) is 0 Å². The topological polar surface area (TPSA) is 50.5 Å². The van der Waals surface area contributed by atoms with Gasteiger partial charge >= 0.3 is 0 Å². The van der Waals surface area contributed by atoms with Crippen molar-refractivity contribution in [1.82, 2.24) is 4.90 Å². The Labute approximate surface area is 104 Å². The standard InChI is InChI=1S/C12H13NO3S/c1-3-8(2)13-11(14)10(17-12(13)15)6-9-4-5-16-7-9/h4-8H,3H2,1-2H3/b10-6+/t8-/m0/s1. The minimum Gasteiger partial charge on any atom is -0.472 e. The Bertz CT molecular complexity index is 464. The van der Waals surface area contributed by atoms with Crippen molar-refractivity contribution in [2.24, 2.45) is 0 Å². The number of imide groups is 1. The first-order valence-electron chi connectivity index (χ1n) is 5.42. The molecule has 2 heterocycles. The molecule has 0 spiro atoms. The molecule has 1 saturated heterocycles. The fourth-order valence-corrected chi connectivity index (χ4v) is 2.48. The Balaban J connectivity index is 2.24. The molecule has 2 amide bonds. The van der Waals surface area contributed by atoms with Gasteiger partial charge in [0.25, 0.3) is 11.1 Å². The van der Waals surface area contributed by atoms with E-state index in [2.05, 4.69) is 0 Å². The van der Waals surface area contributed by atoms with E-state index in [1.807, 2.05) is 13.8 Å². The zero-order valence-corrected chi connectivity index (χ0v) is 10.5. The summed E-state index contributed by atoms with van der Waals surface area (Å²) in [5.41, 5.74) is 0.791. The van der Waals surface area contributed by atoms with Crippen LogP contribution in [0.25, 0.3) is 6.08 Å². The summed E-state index contributed by atoms with van der Waals surface area (Å²) < 4.78 is 4.92. The third-order valence-electron chi connectivity index (χ3n) is 2.70. The SMILES string of the molecule is CC[C@H](C)N1C(=O)S/C(=C/c2ccoc2)C1=O. The van der Waals surface area contributed by atoms with Crippen LogP contribution in [0, 0.1) is 0 Å². The summed E-state index contributed by atoms with van der Waals surface area (Å²) in [6.07, 6.45) is 5.51. The molecule has 1 aliphatic heterocycles. The van der Waals surface area contributed by atoms with Gasteiger partial charge in [-0.15, -0.1) is 0 Å². The molecular weight excluding hydrogens is 238 g/mol. The number of nitrogens with zero attached hydrogens (tertiary/aromatic N) is 1. The number of hydrogen-bond acceptors (Lipinski definition) is 4. The molecule has 0 aliphatic carbocycles. The minimum absolute atomic E-state index is 0.0576. The van der Waals surface area contributed by atoms with Gasteiger partial charge in [0.15, 0.2) is 0 Å². The van der Waals surface area contributed by atoms with Gasteiger partial charge < -0.3 is 4.42 Å². The van der Waals surface area contributed by atoms with E-state index in [0.29, 0.717) is 4.91 Å². The van der Waals surface area contributed by atoms with Crippen LogP contribution < -0.4 is 0 Å². The largest absolute Gasteiger partial charge is 0.472 e. The molecule has 17 heavy (non-hydrogen) atoms. The minimum atomic E-state index is -0.212. The lowest BCUT2D eigenvalue weighted by molar-refractivity contribution is -0.124. The lowest BCUT2D eigenvalue weighted by atomic mass is 10.2. The van der Waals surface area contributed by atoms with E-state index in [0.717, 1.165) is 23.7 Å². The Morgan fingerprint density at radius 1 is 1.53 bits per heavy atom. The lowest BCUT2D eigenvalue weighted by Gasteiger charge is -2.19. The summed E-state index contributed by atoms with van der Waals surface area (Å²) in [6.45, 7) is 3.82. The smallest absolute Gasteiger partial charge is 0.293 e. The molecule has 1 aliphatic rings. The molecule has 1 atom stereocenters. The van der Waals surface area contributed by atoms with Gasteiger partial charge in [0.2, 0.25) is 0 Å². The number of thioether (sulfide) groups is 1. The normalized spacial score (nSPS) is 20.4. The zero-order chi connectivity index (χ0) is 12.4. The summed E-state index contributed by atoms with van der Waals surface area (Å²) in [4.78, 5) is 25.5. The van der Waals surface area contributed by atoms with Gasteiger partial charge in [0.05, 0.1) is 17.4 Å². The summed E-state index contributed by atoms with van der Waals surface area (Å²) in [5, 5.41) is -0.195. The Morgan fingerprint density at radius 2 is 2.29 bits per heavy atom. The third kappa shape index (κ3) is 2.29. The second kappa shape index (κ2) is 4.79. The van der Waals surface area contributed by atoms with Crippen molar-refractivity contribution in [1.29, 1.82) is 0 Å². The van der Waals surface area contributed by atoms with Crippen molar-refractivity contribution in [3.8, 4) is 0 Å². The van der Waals surface area contributed by atoms with E-state index in [1.165, 1.54) is 17.4 Å². The van der Waals surface area contributed by atoms with Gasteiger partial charge in [-0.25, -0.2) is 0 Å². The number of rotatable bonds is 3. The van der Waals surface area contributed by atoms with Crippen LogP contribution in [-0.4, -0.2) is 22.1 Å². The number of amides is 2. The van der Waals surface area contributed by atoms with E-state index in [4.69, 9.17) is 4.42 Å². The van der Waals surface area contributed by atoms with Crippen molar-refractivity contribution < 1.29 is 14.0 Å². The highest BCUT2D eigenvalue weighted by molar-refractivity contribution is 8.18. The molecule has 0 bridgehead atoms. The Kier molecular flexibility index (Phi) is 3.38. The maximum absolute atomic E-state index is 12.0. The second-order valence-electron chi connectivity index (χ2n) is 3.87. The van der Waals surface area contributed by atoms with Crippen molar-refractivity contribution in [3.05, 3.63) is 29.1 Å². The second-order valence-corrected chi connectivity index (χ2v) is 4.86. The highest BCUT2D eigenvalue weighted by atomic mass is 32.2. The lowest BCUT2D eigenvalue weighted by Crippen LogP contribution is -2.36. The number of carbonyl (C=O) groups is 2. The van der Waals surface area contributed by atoms with Crippen LogP contribution in [0.2, 0.25) is 0 Å². The van der Waals surface area contributed by atoms with Gasteiger partial charge in [0.1, 0.15) is 0 Å². The highest BCUT2D eigenvalue weighted by Gasteiger charge is 2.37. The van der Waals surface area contributed by atoms with Gasteiger partial charge in [-0.1, -0.05) is 6.92 Å². The van der Waals surface area contributed by atoms with Gasteiger partial charge in [-0.3, -0.25) is 14.5 Å². The first-order chi connectivity index (χ1) is 8.13. The monoisotopic (exact) mass is 251 g/mol. The van der Waals surface area contributed by atoms with E-state index >= 15 is 0 Å². The van der Waals surface area contributed by atoms with Crippen LogP contribution in [0.4, 0.5) is 4.79 Å². The van der Waals surface area contributed by atoms with Crippen LogP contribution in [0.15, 0.2) is 27.9 Å². The Hall–Kier alpha value is -1.49. The Morgan fingerprint density at radius 3 is 2.88 bits per heavy atom. The maximum atomic E-state index is 12.0. The van der Waals surface area contributed by atoms with Crippen molar-refractivity contribution in [3.63, 3.8) is 0 Å². The fourth-order valence-electron chi connectivity index (χ4n) is 1.55. The molecule has 0 radical (unpaired) electrons. The first-order valence-corrected chi connectivity index (χ1v) is 6.24. The zero-order valence-electron chi connectivity index (χ0n) is 9.67. The molecule has 1 aromatic heterocycles. The molecule has 4 nitrogen and oxygen atoms in total. The number of carbonyl (C=O) groups excluding carboxylic acids is 2. The number of furan rings is 1. The molecule has 0 saturated carbocycles. The molecule has 2 rings (SSSR count). The van der Waals surface area contributed by atoms with Crippen molar-refractivity contribution in [2.45, 2.75) is 26.3 Å². The third-order valence-corrected chi connectivity index (χ3v) is 3.58. The summed E-state index contributed by atoms with van der Waals surface area (Å²) in [5.74, 6) is -0.212. The predicted octanol–water partition coefficient (Wildman–Crippen LogP) is 3.11.